The molecule has 2 aromatic rings. The Kier molecular flexibility index (Phi) is 4.87. The Morgan fingerprint density at radius 2 is 2.25 bits per heavy atom. The number of nitrogens with one attached hydrogen (secondary N) is 1. The Morgan fingerprint density at radius 3 is 2.85 bits per heavy atom. The zero-order valence-corrected chi connectivity index (χ0v) is 12.7. The molecule has 1 heterocycles. The highest BCUT2D eigenvalue weighted by atomic mass is 35.5. The predicted octanol–water partition coefficient (Wildman–Crippen LogP) is 4.06. The summed E-state index contributed by atoms with van der Waals surface area (Å²) in [4.78, 5) is 12.1. The molecule has 0 bridgehead atoms. The lowest BCUT2D eigenvalue weighted by Gasteiger charge is -2.13. The van der Waals surface area contributed by atoms with Gasteiger partial charge in [-0.1, -0.05) is 11.6 Å². The van der Waals surface area contributed by atoms with Gasteiger partial charge < -0.3 is 14.8 Å². The highest BCUT2D eigenvalue weighted by Crippen LogP contribution is 2.36. The summed E-state index contributed by atoms with van der Waals surface area (Å²) < 4.78 is 10.6. The number of rotatable bonds is 5. The van der Waals surface area contributed by atoms with Crippen LogP contribution in [0.1, 0.15) is 17.3 Å². The number of thiophene rings is 1. The zero-order chi connectivity index (χ0) is 14.5. The van der Waals surface area contributed by atoms with Crippen LogP contribution in [0.4, 0.5) is 5.69 Å². The first-order chi connectivity index (χ1) is 9.65. The molecular formula is C14H14ClNO3S. The maximum absolute atomic E-state index is 12.1. The Balaban J connectivity index is 2.28. The molecule has 2 rings (SSSR count). The summed E-state index contributed by atoms with van der Waals surface area (Å²) in [5, 5.41) is 6.88. The monoisotopic (exact) mass is 311 g/mol. The Labute approximate surface area is 126 Å². The van der Waals surface area contributed by atoms with Crippen molar-refractivity contribution in [1.29, 1.82) is 0 Å². The number of benzene rings is 1. The van der Waals surface area contributed by atoms with E-state index in [0.29, 0.717) is 28.7 Å². The Hall–Kier alpha value is -1.72. The molecule has 0 aliphatic rings. The van der Waals surface area contributed by atoms with E-state index < -0.39 is 0 Å². The summed E-state index contributed by atoms with van der Waals surface area (Å²) in [7, 11) is 1.51. The van der Waals surface area contributed by atoms with Crippen molar-refractivity contribution in [2.24, 2.45) is 0 Å². The average Bonchev–Trinajstić information content (AvgIpc) is 2.93. The minimum atomic E-state index is -0.244. The van der Waals surface area contributed by atoms with Crippen LogP contribution in [0, 0.1) is 0 Å². The largest absolute Gasteiger partial charge is 0.493 e. The molecule has 0 aliphatic carbocycles. The van der Waals surface area contributed by atoms with Crippen molar-refractivity contribution in [3.63, 3.8) is 0 Å². The molecule has 4 nitrogen and oxygen atoms in total. The number of halogens is 1. The molecule has 0 atom stereocenters. The molecule has 20 heavy (non-hydrogen) atoms. The lowest BCUT2D eigenvalue weighted by molar-refractivity contribution is 0.102. The van der Waals surface area contributed by atoms with Crippen LogP contribution in [0.5, 0.6) is 11.5 Å². The van der Waals surface area contributed by atoms with E-state index in [2.05, 4.69) is 5.32 Å². The number of hydrogen-bond donors (Lipinski definition) is 1. The van der Waals surface area contributed by atoms with Crippen LogP contribution < -0.4 is 14.8 Å². The fraction of sp³-hybridized carbons (Fsp3) is 0.214. The van der Waals surface area contributed by atoms with Gasteiger partial charge in [-0.25, -0.2) is 0 Å². The maximum atomic E-state index is 12.1. The summed E-state index contributed by atoms with van der Waals surface area (Å²) in [5.74, 6) is 0.644. The van der Waals surface area contributed by atoms with Crippen molar-refractivity contribution < 1.29 is 14.3 Å². The highest BCUT2D eigenvalue weighted by molar-refractivity contribution is 7.08. The number of ether oxygens (including phenoxy) is 2. The van der Waals surface area contributed by atoms with Crippen molar-refractivity contribution in [3.05, 3.63) is 39.5 Å². The van der Waals surface area contributed by atoms with Crippen LogP contribution in [0.2, 0.25) is 5.02 Å². The van der Waals surface area contributed by atoms with E-state index >= 15 is 0 Å². The number of anilines is 1. The van der Waals surface area contributed by atoms with Gasteiger partial charge in [0.15, 0.2) is 11.5 Å². The second kappa shape index (κ2) is 6.63. The van der Waals surface area contributed by atoms with E-state index in [1.807, 2.05) is 23.8 Å². The summed E-state index contributed by atoms with van der Waals surface area (Å²) >= 11 is 7.65. The third-order valence-electron chi connectivity index (χ3n) is 2.56. The lowest BCUT2D eigenvalue weighted by atomic mass is 10.2. The van der Waals surface area contributed by atoms with Crippen LogP contribution in [-0.2, 0) is 0 Å². The molecule has 1 amide bonds. The van der Waals surface area contributed by atoms with Crippen LogP contribution in [-0.4, -0.2) is 19.6 Å². The summed E-state index contributed by atoms with van der Waals surface area (Å²) in [6.07, 6.45) is 0. The molecule has 0 radical (unpaired) electrons. The fourth-order valence-electron chi connectivity index (χ4n) is 1.67. The van der Waals surface area contributed by atoms with Gasteiger partial charge in [-0.3, -0.25) is 4.79 Å². The van der Waals surface area contributed by atoms with Gasteiger partial charge in [0, 0.05) is 10.9 Å². The number of methoxy groups -OCH3 is 1. The van der Waals surface area contributed by atoms with E-state index in [1.54, 1.807) is 12.1 Å². The van der Waals surface area contributed by atoms with Crippen LogP contribution in [0.3, 0.4) is 0 Å². The first kappa shape index (κ1) is 14.7. The smallest absolute Gasteiger partial charge is 0.255 e. The third kappa shape index (κ3) is 3.23. The molecule has 106 valence electrons. The van der Waals surface area contributed by atoms with Gasteiger partial charge in [0.1, 0.15) is 0 Å². The third-order valence-corrected chi connectivity index (χ3v) is 3.52. The molecular weight excluding hydrogens is 298 g/mol. The second-order valence-corrected chi connectivity index (χ2v) is 5.08. The summed E-state index contributed by atoms with van der Waals surface area (Å²) in [6.45, 7) is 2.32. The Morgan fingerprint density at radius 1 is 1.45 bits per heavy atom. The molecule has 6 heteroatoms. The van der Waals surface area contributed by atoms with Crippen molar-refractivity contribution in [3.8, 4) is 11.5 Å². The number of amides is 1. The van der Waals surface area contributed by atoms with Gasteiger partial charge in [-0.05, 0) is 30.5 Å². The topological polar surface area (TPSA) is 47.6 Å². The second-order valence-electron chi connectivity index (χ2n) is 3.89. The van der Waals surface area contributed by atoms with Crippen molar-refractivity contribution in [2.75, 3.05) is 19.0 Å². The summed E-state index contributed by atoms with van der Waals surface area (Å²) in [5.41, 5.74) is 1.17. The minimum Gasteiger partial charge on any atom is -0.493 e. The van der Waals surface area contributed by atoms with Crippen LogP contribution >= 0.6 is 22.9 Å². The van der Waals surface area contributed by atoms with Gasteiger partial charge in [-0.15, -0.1) is 0 Å². The number of hydrogen-bond acceptors (Lipinski definition) is 4. The van der Waals surface area contributed by atoms with E-state index in [9.17, 15) is 4.79 Å². The first-order valence-electron chi connectivity index (χ1n) is 5.99. The molecule has 1 N–H and O–H groups in total. The van der Waals surface area contributed by atoms with E-state index in [0.717, 1.165) is 5.69 Å². The fourth-order valence-corrected chi connectivity index (χ4v) is 2.53. The van der Waals surface area contributed by atoms with Crippen LogP contribution in [0.15, 0.2) is 29.0 Å². The molecule has 1 aromatic heterocycles. The lowest BCUT2D eigenvalue weighted by Crippen LogP contribution is -2.11. The SMILES string of the molecule is CCOc1c(Cl)cc(C(=O)Nc2ccsc2)cc1OC. The molecule has 1 aromatic carbocycles. The molecule has 0 saturated heterocycles. The average molecular weight is 312 g/mol. The van der Waals surface area contributed by atoms with E-state index in [1.165, 1.54) is 18.4 Å². The Bertz CT molecular complexity index is 599. The maximum Gasteiger partial charge on any atom is 0.255 e. The summed E-state index contributed by atoms with van der Waals surface area (Å²) in [6, 6.07) is 5.01. The van der Waals surface area contributed by atoms with E-state index in [4.69, 9.17) is 21.1 Å². The molecule has 0 fully saturated rings. The molecule has 0 saturated carbocycles. The molecule has 0 unspecified atom stereocenters. The standard InChI is InChI=1S/C14H14ClNO3S/c1-3-19-13-11(15)6-9(7-12(13)18-2)14(17)16-10-4-5-20-8-10/h4-8H,3H2,1-2H3,(H,16,17). The number of carbonyl (C=O) groups excluding carboxylic acids is 1. The zero-order valence-electron chi connectivity index (χ0n) is 11.1. The van der Waals surface area contributed by atoms with Crippen LogP contribution in [0.25, 0.3) is 0 Å². The quantitative estimate of drug-likeness (QED) is 0.905. The normalized spacial score (nSPS) is 10.2. The van der Waals surface area contributed by atoms with Gasteiger partial charge in [0.2, 0.25) is 0 Å². The van der Waals surface area contributed by atoms with E-state index in [-0.39, 0.29) is 5.91 Å². The predicted molar refractivity (Wildman–Crippen MR) is 81.4 cm³/mol. The minimum absolute atomic E-state index is 0.244. The molecule has 0 aliphatic heterocycles. The van der Waals surface area contributed by atoms with Crippen molar-refractivity contribution in [1.82, 2.24) is 0 Å². The first-order valence-corrected chi connectivity index (χ1v) is 7.31. The van der Waals surface area contributed by atoms with Gasteiger partial charge in [-0.2, -0.15) is 11.3 Å². The van der Waals surface area contributed by atoms with Gasteiger partial charge in [0.25, 0.3) is 5.91 Å². The van der Waals surface area contributed by atoms with Crippen molar-refractivity contribution >= 4 is 34.5 Å². The molecule has 0 spiro atoms. The van der Waals surface area contributed by atoms with Gasteiger partial charge in [0.05, 0.1) is 24.4 Å². The van der Waals surface area contributed by atoms with Crippen molar-refractivity contribution in [2.45, 2.75) is 6.92 Å². The highest BCUT2D eigenvalue weighted by Gasteiger charge is 2.15. The number of carbonyl (C=O) groups is 1. The van der Waals surface area contributed by atoms with Gasteiger partial charge >= 0.3 is 0 Å².